The van der Waals surface area contributed by atoms with Crippen LogP contribution in [0.3, 0.4) is 0 Å². The Balaban J connectivity index is 2.54. The highest BCUT2D eigenvalue weighted by atomic mass is 79.9. The van der Waals surface area contributed by atoms with Gasteiger partial charge in [0, 0.05) is 11.5 Å². The van der Waals surface area contributed by atoms with E-state index in [1.165, 1.54) is 0 Å². The van der Waals surface area contributed by atoms with Crippen LogP contribution in [0.1, 0.15) is 18.9 Å². The summed E-state index contributed by atoms with van der Waals surface area (Å²) >= 11 is 3.54. The summed E-state index contributed by atoms with van der Waals surface area (Å²) in [5.74, 6) is 0.132. The molecular formula is C12H15BrN2O. The van der Waals surface area contributed by atoms with Crippen LogP contribution in [-0.2, 0) is 4.79 Å². The maximum absolute atomic E-state index is 12.0. The van der Waals surface area contributed by atoms with Crippen LogP contribution in [0.5, 0.6) is 0 Å². The third-order valence-electron chi connectivity index (χ3n) is 2.93. The number of aryl methyl sites for hydroxylation is 1. The van der Waals surface area contributed by atoms with Crippen molar-refractivity contribution < 1.29 is 4.79 Å². The topological polar surface area (TPSA) is 32.3 Å². The molecule has 0 aliphatic carbocycles. The first-order valence-electron chi connectivity index (χ1n) is 5.38. The average molecular weight is 283 g/mol. The van der Waals surface area contributed by atoms with E-state index in [1.54, 1.807) is 4.90 Å². The molecule has 2 rings (SSSR count). The summed E-state index contributed by atoms with van der Waals surface area (Å²) in [5.41, 5.74) is 3.10. The van der Waals surface area contributed by atoms with Gasteiger partial charge >= 0.3 is 0 Å². The Morgan fingerprint density at radius 2 is 2.19 bits per heavy atom. The Morgan fingerprint density at radius 1 is 1.50 bits per heavy atom. The quantitative estimate of drug-likeness (QED) is 0.859. The van der Waals surface area contributed by atoms with Gasteiger partial charge in [-0.05, 0) is 47.0 Å². The largest absolute Gasteiger partial charge is 0.371 e. The van der Waals surface area contributed by atoms with Crippen molar-refractivity contribution in [3.05, 3.63) is 22.2 Å². The maximum Gasteiger partial charge on any atom is 0.249 e. The number of carbonyl (C=O) groups excluding carboxylic acids is 1. The van der Waals surface area contributed by atoms with Gasteiger partial charge in [-0.15, -0.1) is 0 Å². The van der Waals surface area contributed by atoms with Crippen molar-refractivity contribution in [2.75, 3.05) is 17.3 Å². The van der Waals surface area contributed by atoms with E-state index < -0.39 is 0 Å². The minimum absolute atomic E-state index is 0.114. The summed E-state index contributed by atoms with van der Waals surface area (Å²) in [4.78, 5) is 13.7. The fourth-order valence-electron chi connectivity index (χ4n) is 2.00. The number of nitrogens with one attached hydrogen (secondary N) is 1. The third-order valence-corrected chi connectivity index (χ3v) is 3.56. The number of halogens is 1. The van der Waals surface area contributed by atoms with E-state index >= 15 is 0 Å². The van der Waals surface area contributed by atoms with Gasteiger partial charge in [-0.1, -0.05) is 6.92 Å². The Hall–Kier alpha value is -1.03. The van der Waals surface area contributed by atoms with E-state index in [0.717, 1.165) is 27.8 Å². The molecule has 1 heterocycles. The maximum atomic E-state index is 12.0. The van der Waals surface area contributed by atoms with E-state index in [4.69, 9.17) is 0 Å². The second kappa shape index (κ2) is 4.09. The number of rotatable bonds is 1. The molecule has 1 unspecified atom stereocenters. The number of likely N-dealkylation sites (N-methyl/N-ethyl adjacent to an activating group) is 1. The van der Waals surface area contributed by atoms with E-state index in [2.05, 4.69) is 27.3 Å². The first-order chi connectivity index (χ1) is 7.54. The van der Waals surface area contributed by atoms with Crippen molar-refractivity contribution in [1.29, 1.82) is 0 Å². The molecule has 1 amide bonds. The lowest BCUT2D eigenvalue weighted by atomic mass is 10.1. The van der Waals surface area contributed by atoms with Gasteiger partial charge in [0.1, 0.15) is 6.04 Å². The second-order valence-corrected chi connectivity index (χ2v) is 5.00. The minimum atomic E-state index is -0.114. The summed E-state index contributed by atoms with van der Waals surface area (Å²) in [7, 11) is 1.83. The zero-order valence-corrected chi connectivity index (χ0v) is 11.3. The first kappa shape index (κ1) is 11.5. The van der Waals surface area contributed by atoms with Crippen molar-refractivity contribution in [3.8, 4) is 0 Å². The standard InChI is InChI=1S/C12H15BrN2O/c1-4-9-12(16)15(3)10-6-7(2)5-8(13)11(10)14-9/h5-6,9,14H,4H2,1-3H3. The summed E-state index contributed by atoms with van der Waals surface area (Å²) in [6.45, 7) is 4.03. The molecule has 0 fully saturated rings. The van der Waals surface area contributed by atoms with Crippen LogP contribution in [0.4, 0.5) is 11.4 Å². The number of nitrogens with zero attached hydrogens (tertiary/aromatic N) is 1. The summed E-state index contributed by atoms with van der Waals surface area (Å²) in [5, 5.41) is 3.28. The Bertz CT molecular complexity index is 445. The molecule has 16 heavy (non-hydrogen) atoms. The Labute approximate surface area is 104 Å². The zero-order chi connectivity index (χ0) is 11.9. The molecule has 1 aromatic rings. The summed E-state index contributed by atoms with van der Waals surface area (Å²) in [6.07, 6.45) is 0.795. The van der Waals surface area contributed by atoms with Gasteiger partial charge in [0.05, 0.1) is 11.4 Å². The van der Waals surface area contributed by atoms with Crippen molar-refractivity contribution in [3.63, 3.8) is 0 Å². The predicted molar refractivity (Wildman–Crippen MR) is 70.0 cm³/mol. The number of anilines is 2. The van der Waals surface area contributed by atoms with E-state index in [9.17, 15) is 4.79 Å². The van der Waals surface area contributed by atoms with E-state index in [0.29, 0.717) is 0 Å². The van der Waals surface area contributed by atoms with Crippen LogP contribution >= 0.6 is 15.9 Å². The fourth-order valence-corrected chi connectivity index (χ4v) is 2.68. The smallest absolute Gasteiger partial charge is 0.249 e. The lowest BCUT2D eigenvalue weighted by molar-refractivity contribution is -0.119. The van der Waals surface area contributed by atoms with Gasteiger partial charge < -0.3 is 10.2 Å². The molecule has 3 nitrogen and oxygen atoms in total. The molecule has 0 saturated carbocycles. The molecule has 0 spiro atoms. The number of benzene rings is 1. The van der Waals surface area contributed by atoms with Gasteiger partial charge in [-0.2, -0.15) is 0 Å². The van der Waals surface area contributed by atoms with Gasteiger partial charge in [0.25, 0.3) is 0 Å². The summed E-state index contributed by atoms with van der Waals surface area (Å²) in [6, 6.07) is 3.97. The molecule has 0 saturated heterocycles. The molecule has 1 N–H and O–H groups in total. The van der Waals surface area contributed by atoms with Crippen LogP contribution in [0.2, 0.25) is 0 Å². The SMILES string of the molecule is CCC1Nc2c(Br)cc(C)cc2N(C)C1=O. The molecule has 4 heteroatoms. The number of fused-ring (bicyclic) bond motifs is 1. The average Bonchev–Trinajstić information content (AvgIpc) is 2.24. The normalized spacial score (nSPS) is 19.4. The molecule has 0 radical (unpaired) electrons. The number of hydrogen-bond acceptors (Lipinski definition) is 2. The van der Waals surface area contributed by atoms with Crippen molar-refractivity contribution >= 4 is 33.2 Å². The molecule has 1 aromatic carbocycles. The molecule has 1 atom stereocenters. The van der Waals surface area contributed by atoms with Crippen molar-refractivity contribution in [2.45, 2.75) is 26.3 Å². The van der Waals surface area contributed by atoms with Gasteiger partial charge in [0.15, 0.2) is 0 Å². The van der Waals surface area contributed by atoms with Crippen molar-refractivity contribution in [1.82, 2.24) is 0 Å². The second-order valence-electron chi connectivity index (χ2n) is 4.14. The van der Waals surface area contributed by atoms with Crippen LogP contribution in [0, 0.1) is 6.92 Å². The number of amides is 1. The van der Waals surface area contributed by atoms with E-state index in [-0.39, 0.29) is 11.9 Å². The minimum Gasteiger partial charge on any atom is -0.371 e. The molecule has 1 aliphatic heterocycles. The molecular weight excluding hydrogens is 268 g/mol. The zero-order valence-electron chi connectivity index (χ0n) is 9.67. The third kappa shape index (κ3) is 1.71. The fraction of sp³-hybridized carbons (Fsp3) is 0.417. The van der Waals surface area contributed by atoms with Gasteiger partial charge in [0.2, 0.25) is 5.91 Å². The summed E-state index contributed by atoms with van der Waals surface area (Å²) < 4.78 is 1.01. The van der Waals surface area contributed by atoms with Crippen LogP contribution in [-0.4, -0.2) is 19.0 Å². The Morgan fingerprint density at radius 3 is 2.81 bits per heavy atom. The number of carbonyl (C=O) groups is 1. The molecule has 86 valence electrons. The van der Waals surface area contributed by atoms with Crippen LogP contribution in [0.25, 0.3) is 0 Å². The highest BCUT2D eigenvalue weighted by molar-refractivity contribution is 9.10. The monoisotopic (exact) mass is 282 g/mol. The van der Waals surface area contributed by atoms with Crippen LogP contribution in [0.15, 0.2) is 16.6 Å². The van der Waals surface area contributed by atoms with Gasteiger partial charge in [-0.25, -0.2) is 0 Å². The number of hydrogen-bond donors (Lipinski definition) is 1. The van der Waals surface area contributed by atoms with Crippen molar-refractivity contribution in [2.24, 2.45) is 0 Å². The highest BCUT2D eigenvalue weighted by Gasteiger charge is 2.29. The first-order valence-corrected chi connectivity index (χ1v) is 6.18. The lowest BCUT2D eigenvalue weighted by Gasteiger charge is -2.33. The van der Waals surface area contributed by atoms with Crippen LogP contribution < -0.4 is 10.2 Å². The molecule has 0 bridgehead atoms. The molecule has 1 aliphatic rings. The van der Waals surface area contributed by atoms with Gasteiger partial charge in [-0.3, -0.25) is 4.79 Å². The Kier molecular flexibility index (Phi) is 2.93. The molecule has 0 aromatic heterocycles. The predicted octanol–water partition coefficient (Wildman–Crippen LogP) is 2.92. The highest BCUT2D eigenvalue weighted by Crippen LogP contribution is 2.38. The lowest BCUT2D eigenvalue weighted by Crippen LogP contribution is -2.45. The van der Waals surface area contributed by atoms with E-state index in [1.807, 2.05) is 27.0 Å².